The van der Waals surface area contributed by atoms with Crippen molar-refractivity contribution in [1.29, 1.82) is 0 Å². The van der Waals surface area contributed by atoms with Crippen molar-refractivity contribution in [2.45, 2.75) is 32.4 Å². The van der Waals surface area contributed by atoms with Crippen LogP contribution in [-0.2, 0) is 5.67 Å². The van der Waals surface area contributed by atoms with Gasteiger partial charge < -0.3 is 9.42 Å². The third-order valence-electron chi connectivity index (χ3n) is 4.56. The summed E-state index contributed by atoms with van der Waals surface area (Å²) in [7, 11) is 0. The molecular weight excluding hydrogens is 369 g/mol. The Morgan fingerprint density at radius 2 is 2.22 bits per heavy atom. The fourth-order valence-electron chi connectivity index (χ4n) is 3.25. The molecule has 0 aromatic carbocycles. The van der Waals surface area contributed by atoms with Crippen LogP contribution in [0, 0.1) is 13.8 Å². The van der Waals surface area contributed by atoms with Gasteiger partial charge in [0.2, 0.25) is 11.5 Å². The summed E-state index contributed by atoms with van der Waals surface area (Å²) in [5.74, 6) is -0.0182. The molecule has 27 heavy (non-hydrogen) atoms. The number of likely N-dealkylation sites (tertiary alicyclic amines) is 1. The zero-order chi connectivity index (χ0) is 19.0. The zero-order valence-corrected chi connectivity index (χ0v) is 15.8. The van der Waals surface area contributed by atoms with Crippen molar-refractivity contribution in [2.75, 3.05) is 13.1 Å². The lowest BCUT2D eigenvalue weighted by Gasteiger charge is -2.34. The second-order valence-corrected chi connectivity index (χ2v) is 7.81. The van der Waals surface area contributed by atoms with Crippen LogP contribution < -0.4 is 0 Å². The van der Waals surface area contributed by atoms with Crippen LogP contribution in [0.15, 0.2) is 29.0 Å². The summed E-state index contributed by atoms with van der Waals surface area (Å²) in [5.41, 5.74) is -0.542. The van der Waals surface area contributed by atoms with Crippen molar-refractivity contribution >= 4 is 17.2 Å². The summed E-state index contributed by atoms with van der Waals surface area (Å²) < 4.78 is 20.9. The van der Waals surface area contributed by atoms with E-state index in [1.807, 2.05) is 6.92 Å². The first kappa shape index (κ1) is 17.7. The van der Waals surface area contributed by atoms with Gasteiger partial charge in [0.25, 0.3) is 11.8 Å². The highest BCUT2D eigenvalue weighted by molar-refractivity contribution is 7.13. The number of thiazole rings is 1. The Bertz CT molecular complexity index is 973. The maximum Gasteiger partial charge on any atom is 0.266 e. The molecule has 9 heteroatoms. The second kappa shape index (κ2) is 6.80. The molecule has 1 atom stereocenters. The van der Waals surface area contributed by atoms with Crippen molar-refractivity contribution in [3.8, 4) is 11.4 Å². The van der Waals surface area contributed by atoms with Crippen molar-refractivity contribution in [3.05, 3.63) is 46.0 Å². The van der Waals surface area contributed by atoms with Crippen molar-refractivity contribution in [2.24, 2.45) is 0 Å². The summed E-state index contributed by atoms with van der Waals surface area (Å²) in [6.45, 7) is 4.02. The van der Waals surface area contributed by atoms with Crippen LogP contribution >= 0.6 is 11.3 Å². The Hall–Kier alpha value is -2.68. The monoisotopic (exact) mass is 387 g/mol. The quantitative estimate of drug-likeness (QED) is 0.685. The largest absolute Gasteiger partial charge is 0.335 e. The van der Waals surface area contributed by atoms with Crippen LogP contribution in [0.3, 0.4) is 0 Å². The van der Waals surface area contributed by atoms with E-state index < -0.39 is 5.67 Å². The second-order valence-electron chi connectivity index (χ2n) is 6.61. The van der Waals surface area contributed by atoms with Crippen LogP contribution in [0.1, 0.15) is 39.1 Å². The van der Waals surface area contributed by atoms with Gasteiger partial charge >= 0.3 is 0 Å². The minimum absolute atomic E-state index is 0.101. The predicted octanol–water partition coefficient (Wildman–Crippen LogP) is 3.31. The summed E-state index contributed by atoms with van der Waals surface area (Å²) in [6, 6.07) is 3.52. The van der Waals surface area contributed by atoms with Crippen molar-refractivity contribution in [3.63, 3.8) is 0 Å². The third-order valence-corrected chi connectivity index (χ3v) is 5.62. The smallest absolute Gasteiger partial charge is 0.266 e. The van der Waals surface area contributed by atoms with E-state index >= 15 is 4.39 Å². The summed E-state index contributed by atoms with van der Waals surface area (Å²) in [6.07, 6.45) is 3.97. The minimum atomic E-state index is -1.87. The van der Waals surface area contributed by atoms with Crippen LogP contribution in [0.2, 0.25) is 0 Å². The number of halogens is 1. The van der Waals surface area contributed by atoms with Crippen LogP contribution in [-0.4, -0.2) is 44.0 Å². The molecule has 4 heterocycles. The lowest BCUT2D eigenvalue weighted by Crippen LogP contribution is -2.46. The molecule has 0 spiro atoms. The molecule has 0 N–H and O–H groups in total. The molecule has 1 saturated heterocycles. The Balaban J connectivity index is 1.57. The molecule has 1 aliphatic rings. The van der Waals surface area contributed by atoms with E-state index in [1.54, 1.807) is 31.5 Å². The van der Waals surface area contributed by atoms with Gasteiger partial charge in [-0.25, -0.2) is 9.37 Å². The van der Waals surface area contributed by atoms with Gasteiger partial charge in [-0.3, -0.25) is 9.78 Å². The molecule has 7 nitrogen and oxygen atoms in total. The summed E-state index contributed by atoms with van der Waals surface area (Å²) in [5, 5.41) is 4.69. The normalized spacial score (nSPS) is 20.0. The molecule has 3 aromatic heterocycles. The van der Waals surface area contributed by atoms with E-state index in [-0.39, 0.29) is 30.6 Å². The van der Waals surface area contributed by atoms with Gasteiger partial charge in [0.05, 0.1) is 17.2 Å². The molecule has 1 amide bonds. The van der Waals surface area contributed by atoms with Gasteiger partial charge in [0.1, 0.15) is 4.88 Å². The number of nitrogens with zero attached hydrogens (tertiary/aromatic N) is 5. The number of aromatic nitrogens is 4. The number of alkyl halides is 1. The molecule has 3 aromatic rings. The number of pyridine rings is 1. The molecule has 4 rings (SSSR count). The van der Waals surface area contributed by atoms with Gasteiger partial charge in [-0.15, -0.1) is 11.3 Å². The first-order valence-corrected chi connectivity index (χ1v) is 9.45. The molecule has 1 aliphatic heterocycles. The highest BCUT2D eigenvalue weighted by Gasteiger charge is 2.44. The zero-order valence-electron chi connectivity index (χ0n) is 15.0. The molecule has 0 radical (unpaired) electrons. The van der Waals surface area contributed by atoms with Gasteiger partial charge in [-0.2, -0.15) is 4.98 Å². The lowest BCUT2D eigenvalue weighted by atomic mass is 9.94. The fraction of sp³-hybridized carbons (Fsp3) is 0.389. The predicted molar refractivity (Wildman–Crippen MR) is 97.0 cm³/mol. The summed E-state index contributed by atoms with van der Waals surface area (Å²) in [4.78, 5) is 27.4. The average Bonchev–Trinajstić information content (AvgIpc) is 3.29. The Morgan fingerprint density at radius 3 is 2.93 bits per heavy atom. The van der Waals surface area contributed by atoms with E-state index in [4.69, 9.17) is 4.52 Å². The number of hydrogen-bond acceptors (Lipinski definition) is 7. The standard InChI is InChI=1S/C18H18FN5O2S/c1-11-14(27-12(2)21-11)16(25)24-8-4-6-18(19,10-24)17-22-15(23-26-17)13-5-3-7-20-9-13/h3,5,7,9H,4,6,8,10H2,1-2H3. The summed E-state index contributed by atoms with van der Waals surface area (Å²) >= 11 is 1.33. The molecule has 1 unspecified atom stereocenters. The van der Waals surface area contributed by atoms with E-state index in [0.29, 0.717) is 29.1 Å². The van der Waals surface area contributed by atoms with E-state index in [2.05, 4.69) is 20.1 Å². The first-order chi connectivity index (χ1) is 13.0. The number of carbonyl (C=O) groups excluding carboxylic acids is 1. The maximum absolute atomic E-state index is 15.6. The Morgan fingerprint density at radius 1 is 1.37 bits per heavy atom. The number of amides is 1. The van der Waals surface area contributed by atoms with Gasteiger partial charge in [0.15, 0.2) is 0 Å². The first-order valence-electron chi connectivity index (χ1n) is 8.63. The Kier molecular flexibility index (Phi) is 4.47. The highest BCUT2D eigenvalue weighted by Crippen LogP contribution is 2.36. The fourth-order valence-corrected chi connectivity index (χ4v) is 4.14. The number of carbonyl (C=O) groups is 1. The number of aryl methyl sites for hydroxylation is 2. The molecule has 1 fully saturated rings. The molecule has 0 aliphatic carbocycles. The topological polar surface area (TPSA) is 85.0 Å². The third kappa shape index (κ3) is 3.34. The lowest BCUT2D eigenvalue weighted by molar-refractivity contribution is 0.0154. The van der Waals surface area contributed by atoms with Gasteiger partial charge in [-0.05, 0) is 38.8 Å². The minimum Gasteiger partial charge on any atom is -0.335 e. The molecule has 0 bridgehead atoms. The van der Waals surface area contributed by atoms with E-state index in [1.165, 1.54) is 16.2 Å². The molecular formula is C18H18FN5O2S. The Labute approximate surface area is 159 Å². The van der Waals surface area contributed by atoms with Crippen LogP contribution in [0.4, 0.5) is 4.39 Å². The van der Waals surface area contributed by atoms with Gasteiger partial charge in [-0.1, -0.05) is 5.16 Å². The SMILES string of the molecule is Cc1nc(C)c(C(=O)N2CCCC(F)(c3nc(-c4cccnc4)no3)C2)s1. The van der Waals surface area contributed by atoms with E-state index in [9.17, 15) is 4.79 Å². The van der Waals surface area contributed by atoms with E-state index in [0.717, 1.165) is 5.01 Å². The van der Waals surface area contributed by atoms with Crippen LogP contribution in [0.5, 0.6) is 0 Å². The maximum atomic E-state index is 15.6. The van der Waals surface area contributed by atoms with Crippen molar-refractivity contribution < 1.29 is 13.7 Å². The number of piperidine rings is 1. The van der Waals surface area contributed by atoms with Crippen molar-refractivity contribution in [1.82, 2.24) is 25.0 Å². The number of rotatable bonds is 3. The molecule has 0 saturated carbocycles. The average molecular weight is 387 g/mol. The highest BCUT2D eigenvalue weighted by atomic mass is 32.1. The van der Waals surface area contributed by atoms with Gasteiger partial charge in [0, 0.05) is 24.5 Å². The number of hydrogen-bond donors (Lipinski definition) is 0. The van der Waals surface area contributed by atoms with Crippen LogP contribution in [0.25, 0.3) is 11.4 Å². The molecule has 140 valence electrons.